The first-order chi connectivity index (χ1) is 12.7. The van der Waals surface area contributed by atoms with Gasteiger partial charge in [-0.1, -0.05) is 24.3 Å². The number of amides is 3. The molecule has 0 radical (unpaired) electrons. The standard InChI is InChI=1S/C17H19N5O5/c18-9(23)5-6-22-12(7-1-3-8(4-2-7)14(19)20)10-11(13(22)17(26)27)16(25)21-15(10)24/h1-4,10-13H,5-6H2,(H2,18,23)(H3,19,20)(H,26,27)(H,21,24,25). The van der Waals surface area contributed by atoms with Crippen LogP contribution in [0.4, 0.5) is 0 Å². The van der Waals surface area contributed by atoms with Crippen LogP contribution in [0.2, 0.25) is 0 Å². The van der Waals surface area contributed by atoms with E-state index in [0.717, 1.165) is 0 Å². The summed E-state index contributed by atoms with van der Waals surface area (Å²) in [5, 5.41) is 19.4. The van der Waals surface area contributed by atoms with Gasteiger partial charge in [0.1, 0.15) is 11.9 Å². The number of nitrogen functional groups attached to an aromatic ring is 1. The summed E-state index contributed by atoms with van der Waals surface area (Å²) in [6.45, 7) is -0.00101. The smallest absolute Gasteiger partial charge is 0.321 e. The maximum absolute atomic E-state index is 12.4. The highest BCUT2D eigenvalue weighted by Gasteiger charge is 2.61. The van der Waals surface area contributed by atoms with E-state index in [1.165, 1.54) is 4.90 Å². The number of amidine groups is 1. The zero-order valence-corrected chi connectivity index (χ0v) is 14.2. The molecule has 2 saturated heterocycles. The van der Waals surface area contributed by atoms with Crippen molar-refractivity contribution in [2.24, 2.45) is 23.3 Å². The van der Waals surface area contributed by atoms with Crippen LogP contribution in [0, 0.1) is 17.2 Å². The molecule has 3 amide bonds. The molecule has 2 aliphatic rings. The Morgan fingerprint density at radius 3 is 2.22 bits per heavy atom. The lowest BCUT2D eigenvalue weighted by Gasteiger charge is -2.30. The number of likely N-dealkylation sites (tertiary alicyclic amines) is 1. The van der Waals surface area contributed by atoms with E-state index in [2.05, 4.69) is 5.32 Å². The number of carbonyl (C=O) groups is 4. The highest BCUT2D eigenvalue weighted by Crippen LogP contribution is 2.47. The molecule has 4 atom stereocenters. The molecule has 2 heterocycles. The number of hydrogen-bond acceptors (Lipinski definition) is 6. The molecule has 2 fully saturated rings. The second kappa shape index (κ2) is 6.80. The van der Waals surface area contributed by atoms with Gasteiger partial charge in [-0.3, -0.25) is 34.8 Å². The molecular weight excluding hydrogens is 354 g/mol. The van der Waals surface area contributed by atoms with Crippen LogP contribution >= 0.6 is 0 Å². The van der Waals surface area contributed by atoms with Crippen molar-refractivity contribution in [2.45, 2.75) is 18.5 Å². The lowest BCUT2D eigenvalue weighted by Crippen LogP contribution is -2.45. The topological polar surface area (TPSA) is 180 Å². The number of nitrogens with two attached hydrogens (primary N) is 2. The summed E-state index contributed by atoms with van der Waals surface area (Å²) in [6, 6.07) is 4.47. The van der Waals surface area contributed by atoms with Crippen molar-refractivity contribution in [1.82, 2.24) is 10.2 Å². The number of nitrogens with zero attached hydrogens (tertiary/aromatic N) is 1. The second-order valence-electron chi connectivity index (χ2n) is 6.62. The highest BCUT2D eigenvalue weighted by atomic mass is 16.4. The second-order valence-corrected chi connectivity index (χ2v) is 6.62. The first-order valence-corrected chi connectivity index (χ1v) is 8.28. The minimum Gasteiger partial charge on any atom is -0.480 e. The van der Waals surface area contributed by atoms with Gasteiger partial charge in [-0.2, -0.15) is 0 Å². The average Bonchev–Trinajstić information content (AvgIpc) is 3.08. The van der Waals surface area contributed by atoms with Gasteiger partial charge in [-0.15, -0.1) is 0 Å². The summed E-state index contributed by atoms with van der Waals surface area (Å²) in [6.07, 6.45) is -0.110. The third-order valence-electron chi connectivity index (χ3n) is 5.07. The zero-order valence-electron chi connectivity index (χ0n) is 14.2. The monoisotopic (exact) mass is 373 g/mol. The third kappa shape index (κ3) is 3.14. The number of carboxylic acid groups (broad SMARTS) is 1. The fraction of sp³-hybridized carbons (Fsp3) is 0.353. The molecule has 0 aromatic heterocycles. The number of primary amides is 1. The van der Waals surface area contributed by atoms with Crippen molar-refractivity contribution in [3.05, 3.63) is 35.4 Å². The van der Waals surface area contributed by atoms with Gasteiger partial charge >= 0.3 is 5.97 Å². The predicted molar refractivity (Wildman–Crippen MR) is 92.3 cm³/mol. The predicted octanol–water partition coefficient (Wildman–Crippen LogP) is -1.46. The zero-order chi connectivity index (χ0) is 19.9. The molecular formula is C17H19N5O5. The van der Waals surface area contributed by atoms with E-state index in [1.54, 1.807) is 24.3 Å². The van der Waals surface area contributed by atoms with Crippen LogP contribution in [-0.4, -0.2) is 52.1 Å². The van der Waals surface area contributed by atoms with Gasteiger partial charge < -0.3 is 16.6 Å². The summed E-state index contributed by atoms with van der Waals surface area (Å²) >= 11 is 0. The molecule has 7 N–H and O–H groups in total. The molecule has 4 unspecified atom stereocenters. The number of aliphatic carboxylic acids is 1. The molecule has 1 aromatic carbocycles. The number of benzene rings is 1. The lowest BCUT2D eigenvalue weighted by atomic mass is 9.86. The van der Waals surface area contributed by atoms with Crippen molar-refractivity contribution in [2.75, 3.05) is 6.54 Å². The molecule has 1 aromatic rings. The number of carbonyl (C=O) groups excluding carboxylic acids is 3. The minimum absolute atomic E-state index is 0.00101. The van der Waals surface area contributed by atoms with Gasteiger partial charge in [0, 0.05) is 24.6 Å². The Labute approximate surface area is 154 Å². The molecule has 0 bridgehead atoms. The number of imide groups is 1. The van der Waals surface area contributed by atoms with Gasteiger partial charge in [0.15, 0.2) is 0 Å². The van der Waals surface area contributed by atoms with Crippen molar-refractivity contribution in [3.63, 3.8) is 0 Å². The van der Waals surface area contributed by atoms with Crippen LogP contribution in [0.3, 0.4) is 0 Å². The Morgan fingerprint density at radius 2 is 1.70 bits per heavy atom. The summed E-state index contributed by atoms with van der Waals surface area (Å²) in [5.41, 5.74) is 11.7. The Morgan fingerprint density at radius 1 is 1.11 bits per heavy atom. The van der Waals surface area contributed by atoms with E-state index in [4.69, 9.17) is 16.9 Å². The largest absolute Gasteiger partial charge is 0.480 e. The van der Waals surface area contributed by atoms with Gasteiger partial charge in [0.05, 0.1) is 11.8 Å². The van der Waals surface area contributed by atoms with Crippen LogP contribution in [-0.2, 0) is 19.2 Å². The maximum atomic E-state index is 12.4. The van der Waals surface area contributed by atoms with Crippen LogP contribution in [0.5, 0.6) is 0 Å². The van der Waals surface area contributed by atoms with E-state index < -0.39 is 47.6 Å². The van der Waals surface area contributed by atoms with Crippen molar-refractivity contribution >= 4 is 29.5 Å². The Hall–Kier alpha value is -3.27. The van der Waals surface area contributed by atoms with Gasteiger partial charge in [-0.05, 0) is 5.56 Å². The van der Waals surface area contributed by atoms with Crippen LogP contribution < -0.4 is 16.8 Å². The van der Waals surface area contributed by atoms with E-state index in [-0.39, 0.29) is 18.8 Å². The van der Waals surface area contributed by atoms with Crippen molar-refractivity contribution < 1.29 is 24.3 Å². The number of carboxylic acids is 1. The fourth-order valence-corrected chi connectivity index (χ4v) is 3.95. The fourth-order valence-electron chi connectivity index (χ4n) is 3.95. The molecule has 2 aliphatic heterocycles. The van der Waals surface area contributed by atoms with Crippen molar-refractivity contribution in [3.8, 4) is 0 Å². The molecule has 10 nitrogen and oxygen atoms in total. The maximum Gasteiger partial charge on any atom is 0.321 e. The number of hydrogen-bond donors (Lipinski definition) is 5. The van der Waals surface area contributed by atoms with Gasteiger partial charge in [0.25, 0.3) is 0 Å². The van der Waals surface area contributed by atoms with Crippen LogP contribution in [0.1, 0.15) is 23.6 Å². The first kappa shape index (κ1) is 18.5. The number of nitrogens with one attached hydrogen (secondary N) is 2. The molecule has 0 saturated carbocycles. The summed E-state index contributed by atoms with van der Waals surface area (Å²) in [7, 11) is 0. The van der Waals surface area contributed by atoms with Crippen LogP contribution in [0.25, 0.3) is 0 Å². The van der Waals surface area contributed by atoms with Crippen molar-refractivity contribution in [1.29, 1.82) is 5.41 Å². The third-order valence-corrected chi connectivity index (χ3v) is 5.07. The lowest BCUT2D eigenvalue weighted by molar-refractivity contribution is -0.146. The molecule has 27 heavy (non-hydrogen) atoms. The minimum atomic E-state index is -1.25. The molecule has 0 aliphatic carbocycles. The quantitative estimate of drug-likeness (QED) is 0.230. The molecule has 10 heteroatoms. The van der Waals surface area contributed by atoms with Gasteiger partial charge in [0.2, 0.25) is 17.7 Å². The Bertz CT molecular complexity index is 837. The van der Waals surface area contributed by atoms with E-state index in [9.17, 15) is 24.3 Å². The van der Waals surface area contributed by atoms with E-state index in [0.29, 0.717) is 11.1 Å². The number of fused-ring (bicyclic) bond motifs is 1. The first-order valence-electron chi connectivity index (χ1n) is 8.28. The highest BCUT2D eigenvalue weighted by molar-refractivity contribution is 6.08. The summed E-state index contributed by atoms with van der Waals surface area (Å²) in [5.74, 6) is -5.12. The van der Waals surface area contributed by atoms with E-state index >= 15 is 0 Å². The average molecular weight is 373 g/mol. The normalized spacial score (nSPS) is 27.3. The molecule has 3 rings (SSSR count). The van der Waals surface area contributed by atoms with Gasteiger partial charge in [-0.25, -0.2) is 0 Å². The molecule has 0 spiro atoms. The van der Waals surface area contributed by atoms with Crippen LogP contribution in [0.15, 0.2) is 24.3 Å². The Kier molecular flexibility index (Phi) is 4.66. The number of rotatable bonds is 6. The Balaban J connectivity index is 2.06. The van der Waals surface area contributed by atoms with E-state index in [1.807, 2.05) is 0 Å². The molecule has 142 valence electrons. The summed E-state index contributed by atoms with van der Waals surface area (Å²) < 4.78 is 0. The SMILES string of the molecule is N=C(N)c1ccc(C2C3C(=O)NC(=O)C3C(C(=O)O)N2CCC(N)=O)cc1. The summed E-state index contributed by atoms with van der Waals surface area (Å²) in [4.78, 5) is 49.2.